The number of aromatic nitrogens is 1. The number of rotatable bonds is 7. The maximum atomic E-state index is 12.7. The zero-order valence-electron chi connectivity index (χ0n) is 18.6. The molecule has 7 rings (SSSR count). The molecule has 4 aliphatic heterocycles. The number of hydrogen-bond donors (Lipinski definition) is 1. The Morgan fingerprint density at radius 2 is 1.94 bits per heavy atom. The summed E-state index contributed by atoms with van der Waals surface area (Å²) < 4.78 is 38.2. The molecule has 1 aromatic rings. The number of anilines is 1. The fourth-order valence-electron chi connectivity index (χ4n) is 6.53. The van der Waals surface area contributed by atoms with Gasteiger partial charge in [0.25, 0.3) is 0 Å². The predicted octanol–water partition coefficient (Wildman–Crippen LogP) is 3.37. The van der Waals surface area contributed by atoms with E-state index in [1.807, 2.05) is 0 Å². The number of halogens is 2. The Labute approximate surface area is 187 Å². The van der Waals surface area contributed by atoms with E-state index in [9.17, 15) is 8.78 Å². The molecule has 2 saturated carbocycles. The molecular weight excluding hydrogens is 414 g/mol. The molecule has 5 fully saturated rings. The Morgan fingerprint density at radius 1 is 1.25 bits per heavy atom. The summed E-state index contributed by atoms with van der Waals surface area (Å²) in [5, 5.41) is 0. The molecule has 0 radical (unpaired) electrons. The van der Waals surface area contributed by atoms with Gasteiger partial charge in [0.1, 0.15) is 0 Å². The molecule has 6 aliphatic rings. The fourth-order valence-corrected chi connectivity index (χ4v) is 6.53. The van der Waals surface area contributed by atoms with Gasteiger partial charge < -0.3 is 15.2 Å². The number of nitrogens with two attached hydrogens (primary N) is 1. The van der Waals surface area contributed by atoms with Crippen molar-refractivity contribution in [2.24, 2.45) is 17.8 Å². The van der Waals surface area contributed by atoms with E-state index in [0.717, 1.165) is 42.6 Å². The predicted molar refractivity (Wildman–Crippen MR) is 117 cm³/mol. The number of hydrogen-bond acceptors (Lipinski definition) is 5. The smallest absolute Gasteiger partial charge is 0.387 e. The zero-order chi connectivity index (χ0) is 22.1. The molecule has 5 heterocycles. The SMILES string of the molecule is CCC(C)[N+]1=C(C2C3CC(N4CC5CC(C4)O5)CC32)C=C1c1cnc(N)c(OC(F)F)c1. The third kappa shape index (κ3) is 3.25. The van der Waals surface area contributed by atoms with Crippen LogP contribution in [0.1, 0.15) is 45.1 Å². The molecule has 32 heavy (non-hydrogen) atoms. The first-order chi connectivity index (χ1) is 15.4. The van der Waals surface area contributed by atoms with Gasteiger partial charge in [-0.1, -0.05) is 6.92 Å². The van der Waals surface area contributed by atoms with E-state index < -0.39 is 6.61 Å². The molecule has 0 spiro atoms. The van der Waals surface area contributed by atoms with Crippen molar-refractivity contribution >= 4 is 17.2 Å². The molecule has 6 nitrogen and oxygen atoms in total. The largest absolute Gasteiger partial charge is 0.431 e. The number of morpholine rings is 1. The van der Waals surface area contributed by atoms with Crippen molar-refractivity contribution in [3.8, 4) is 5.75 Å². The van der Waals surface area contributed by atoms with E-state index in [4.69, 9.17) is 10.5 Å². The van der Waals surface area contributed by atoms with Crippen molar-refractivity contribution in [2.75, 3.05) is 18.8 Å². The lowest BCUT2D eigenvalue weighted by Crippen LogP contribution is -2.59. The highest BCUT2D eigenvalue weighted by molar-refractivity contribution is 6.06. The molecule has 0 amide bonds. The van der Waals surface area contributed by atoms with Gasteiger partial charge in [-0.3, -0.25) is 4.90 Å². The summed E-state index contributed by atoms with van der Waals surface area (Å²) in [4.78, 5) is 6.77. The van der Waals surface area contributed by atoms with Crippen LogP contribution in [0.4, 0.5) is 14.6 Å². The maximum absolute atomic E-state index is 12.7. The van der Waals surface area contributed by atoms with Gasteiger partial charge in [0.2, 0.25) is 5.70 Å². The number of nitrogen functional groups attached to an aromatic ring is 1. The van der Waals surface area contributed by atoms with Crippen LogP contribution in [0.25, 0.3) is 5.70 Å². The lowest BCUT2D eigenvalue weighted by molar-refractivity contribution is -0.483. The van der Waals surface area contributed by atoms with Crippen LogP contribution in [0.15, 0.2) is 18.3 Å². The van der Waals surface area contributed by atoms with Crippen LogP contribution in [0.5, 0.6) is 5.75 Å². The molecule has 5 unspecified atom stereocenters. The highest BCUT2D eigenvalue weighted by Crippen LogP contribution is 2.60. The van der Waals surface area contributed by atoms with E-state index >= 15 is 0 Å². The first-order valence-corrected chi connectivity index (χ1v) is 11.9. The molecule has 8 heteroatoms. The van der Waals surface area contributed by atoms with Crippen molar-refractivity contribution in [1.29, 1.82) is 0 Å². The van der Waals surface area contributed by atoms with Gasteiger partial charge in [-0.15, -0.1) is 0 Å². The third-order valence-electron chi connectivity index (χ3n) is 8.31. The number of nitrogens with zero attached hydrogens (tertiary/aromatic N) is 3. The van der Waals surface area contributed by atoms with Crippen LogP contribution in [-0.2, 0) is 4.74 Å². The lowest BCUT2D eigenvalue weighted by Gasteiger charge is -2.49. The summed E-state index contributed by atoms with van der Waals surface area (Å²) in [7, 11) is 0. The Kier molecular flexibility index (Phi) is 4.80. The number of alkyl halides is 2. The highest BCUT2D eigenvalue weighted by atomic mass is 19.3. The second kappa shape index (κ2) is 7.48. The average molecular weight is 446 g/mol. The molecule has 2 bridgehead atoms. The second-order valence-electron chi connectivity index (χ2n) is 10.1. The summed E-state index contributed by atoms with van der Waals surface area (Å²) in [6.45, 7) is 3.69. The van der Waals surface area contributed by atoms with E-state index in [1.165, 1.54) is 25.0 Å². The summed E-state index contributed by atoms with van der Waals surface area (Å²) >= 11 is 0. The average Bonchev–Trinajstić information content (AvgIpc) is 3.18. The zero-order valence-corrected chi connectivity index (χ0v) is 18.6. The summed E-state index contributed by atoms with van der Waals surface area (Å²) in [5.41, 5.74) is 8.93. The Hall–Kier alpha value is -2.06. The minimum absolute atomic E-state index is 0.0169. The Morgan fingerprint density at radius 3 is 2.56 bits per heavy atom. The van der Waals surface area contributed by atoms with Crippen LogP contribution in [0.2, 0.25) is 0 Å². The number of allylic oxidation sites excluding steroid dienone is 1. The topological polar surface area (TPSA) is 63.6 Å². The normalized spacial score (nSPS) is 36.3. The lowest BCUT2D eigenvalue weighted by atomic mass is 9.92. The van der Waals surface area contributed by atoms with Gasteiger partial charge in [0.05, 0.1) is 29.8 Å². The first-order valence-electron chi connectivity index (χ1n) is 11.9. The van der Waals surface area contributed by atoms with Crippen molar-refractivity contribution in [3.05, 3.63) is 23.9 Å². The fraction of sp³-hybridized carbons (Fsp3) is 0.667. The van der Waals surface area contributed by atoms with Gasteiger partial charge in [-0.2, -0.15) is 13.4 Å². The first kappa shape index (κ1) is 20.5. The molecule has 5 atom stereocenters. The minimum atomic E-state index is -2.92. The van der Waals surface area contributed by atoms with Gasteiger partial charge >= 0.3 is 6.61 Å². The molecule has 1 aromatic heterocycles. The van der Waals surface area contributed by atoms with Crippen LogP contribution in [0.3, 0.4) is 0 Å². The third-order valence-corrected chi connectivity index (χ3v) is 8.31. The van der Waals surface area contributed by atoms with E-state index in [2.05, 4.69) is 39.1 Å². The highest BCUT2D eigenvalue weighted by Gasteiger charge is 2.63. The van der Waals surface area contributed by atoms with Gasteiger partial charge in [0, 0.05) is 38.2 Å². The Bertz CT molecular complexity index is 968. The van der Waals surface area contributed by atoms with Crippen LogP contribution >= 0.6 is 0 Å². The number of ether oxygens (including phenoxy) is 2. The molecule has 3 saturated heterocycles. The summed E-state index contributed by atoms with van der Waals surface area (Å²) in [6.07, 6.45) is 9.65. The van der Waals surface area contributed by atoms with Gasteiger partial charge in [-0.25, -0.2) is 4.98 Å². The standard InChI is InChI=1S/C24H30F2N4O2/c1-3-12(2)30-19(13-4-21(32-24(25)26)23(27)28-9-13)8-20(30)22-17-5-14(6-18(17)22)29-10-15-7-16(11-29)31-15/h4,8-9,12,14-18,22,24,27H,3,5-7,10-11H2,1-2H3/p+1. The van der Waals surface area contributed by atoms with Crippen LogP contribution in [0, 0.1) is 17.8 Å². The van der Waals surface area contributed by atoms with Crippen LogP contribution in [-0.4, -0.2) is 64.2 Å². The number of piperidine rings is 1. The number of pyridine rings is 1. The molecular formula is C24H31F2N4O2+. The van der Waals surface area contributed by atoms with Crippen molar-refractivity contribution in [3.63, 3.8) is 0 Å². The maximum Gasteiger partial charge on any atom is 0.387 e. The second-order valence-corrected chi connectivity index (χ2v) is 10.1. The monoisotopic (exact) mass is 445 g/mol. The van der Waals surface area contributed by atoms with Crippen molar-refractivity contribution < 1.29 is 22.8 Å². The van der Waals surface area contributed by atoms with Gasteiger partial charge in [0.15, 0.2) is 23.3 Å². The van der Waals surface area contributed by atoms with E-state index in [1.54, 1.807) is 12.3 Å². The van der Waals surface area contributed by atoms with E-state index in [0.29, 0.717) is 30.2 Å². The molecule has 2 aliphatic carbocycles. The summed E-state index contributed by atoms with van der Waals surface area (Å²) in [5.74, 6) is 2.07. The summed E-state index contributed by atoms with van der Waals surface area (Å²) in [6, 6.07) is 2.64. The van der Waals surface area contributed by atoms with Crippen molar-refractivity contribution in [1.82, 2.24) is 9.88 Å². The quantitative estimate of drug-likeness (QED) is 0.652. The van der Waals surface area contributed by atoms with Gasteiger partial charge in [-0.05, 0) is 37.7 Å². The molecule has 0 aromatic carbocycles. The Balaban J connectivity index is 1.18. The van der Waals surface area contributed by atoms with Crippen LogP contribution < -0.4 is 10.5 Å². The number of fused-ring (bicyclic) bond motifs is 3. The van der Waals surface area contributed by atoms with E-state index in [-0.39, 0.29) is 11.6 Å². The molecule has 172 valence electrons. The molecule has 2 N–H and O–H groups in total. The van der Waals surface area contributed by atoms with Crippen molar-refractivity contribution in [2.45, 2.75) is 70.4 Å². The minimum Gasteiger partial charge on any atom is -0.431 e.